The van der Waals surface area contributed by atoms with Gasteiger partial charge in [-0.25, -0.2) is 4.79 Å². The molecule has 1 heterocycles. The molecule has 1 fully saturated rings. The average molecular weight is 321 g/mol. The van der Waals surface area contributed by atoms with E-state index in [0.29, 0.717) is 0 Å². The van der Waals surface area contributed by atoms with Crippen LogP contribution in [0, 0.1) is 5.41 Å². The van der Waals surface area contributed by atoms with E-state index in [9.17, 15) is 9.59 Å². The number of halogens is 1. The summed E-state index contributed by atoms with van der Waals surface area (Å²) >= 11 is 5.68. The van der Waals surface area contributed by atoms with E-state index in [-0.39, 0.29) is 12.3 Å². The Morgan fingerprint density at radius 2 is 1.86 bits per heavy atom. The molecule has 1 aliphatic rings. The van der Waals surface area contributed by atoms with Gasteiger partial charge in [-0.05, 0) is 27.2 Å². The number of hydrogen-bond acceptors (Lipinski definition) is 3. The molecule has 1 rings (SSSR count). The topological polar surface area (TPSA) is 49.9 Å². The van der Waals surface area contributed by atoms with Crippen molar-refractivity contribution >= 4 is 23.6 Å². The van der Waals surface area contributed by atoms with Gasteiger partial charge >= 0.3 is 6.09 Å². The number of ether oxygens (including phenoxy) is 1. The molecule has 0 spiro atoms. The zero-order valence-electron chi connectivity index (χ0n) is 15.9. The predicted octanol–water partition coefficient (Wildman–Crippen LogP) is 3.07. The minimum absolute atomic E-state index is 0.288. The molecule has 2 amide bonds. The third kappa shape index (κ3) is 4.02. The summed E-state index contributed by atoms with van der Waals surface area (Å²) in [6.07, 6.45) is -1.46. The summed E-state index contributed by atoms with van der Waals surface area (Å²) in [6, 6.07) is -0.980. The summed E-state index contributed by atoms with van der Waals surface area (Å²) in [6.45, 7) is 11.0. The molecular weight excluding hydrogens is 292 g/mol. The summed E-state index contributed by atoms with van der Waals surface area (Å²) in [5.74, 6) is -2.42. The van der Waals surface area contributed by atoms with Crippen molar-refractivity contribution in [1.29, 1.82) is 0 Å². The molecule has 0 bridgehead atoms. The van der Waals surface area contributed by atoms with E-state index in [2.05, 4.69) is 0 Å². The van der Waals surface area contributed by atoms with Crippen molar-refractivity contribution in [3.8, 4) is 0 Å². The lowest BCUT2D eigenvalue weighted by Gasteiger charge is -2.39. The third-order valence-corrected chi connectivity index (χ3v) is 3.40. The summed E-state index contributed by atoms with van der Waals surface area (Å²) < 4.78 is 20.6. The number of amides is 2. The number of likely N-dealkylation sites (N-methyl/N-ethyl adjacent to an activating group) is 1. The first-order valence-corrected chi connectivity index (χ1v) is 7.39. The van der Waals surface area contributed by atoms with Crippen molar-refractivity contribution in [1.82, 2.24) is 9.80 Å². The molecule has 6 heteroatoms. The number of nitrogens with zero attached hydrogens (tertiary/aromatic N) is 2. The van der Waals surface area contributed by atoms with Crippen molar-refractivity contribution in [3.63, 3.8) is 0 Å². The molecule has 0 unspecified atom stereocenters. The highest BCUT2D eigenvalue weighted by atomic mass is 35.5. The van der Waals surface area contributed by atoms with Gasteiger partial charge in [-0.1, -0.05) is 20.8 Å². The zero-order valence-corrected chi connectivity index (χ0v) is 14.6. The van der Waals surface area contributed by atoms with Crippen LogP contribution in [0.5, 0.6) is 0 Å². The van der Waals surface area contributed by atoms with Gasteiger partial charge in [0.1, 0.15) is 17.8 Å². The van der Waals surface area contributed by atoms with Gasteiger partial charge in [0.2, 0.25) is 5.91 Å². The van der Waals surface area contributed by atoms with E-state index in [0.717, 1.165) is 0 Å². The van der Waals surface area contributed by atoms with Crippen LogP contribution >= 0.6 is 11.6 Å². The zero-order chi connectivity index (χ0) is 18.4. The van der Waals surface area contributed by atoms with Crippen LogP contribution in [0.4, 0.5) is 4.79 Å². The summed E-state index contributed by atoms with van der Waals surface area (Å²) in [5.41, 5.74) is -1.14. The van der Waals surface area contributed by atoms with Crippen molar-refractivity contribution in [2.45, 2.75) is 65.8 Å². The quantitative estimate of drug-likeness (QED) is 0.735. The van der Waals surface area contributed by atoms with Gasteiger partial charge in [0.15, 0.2) is 0 Å². The van der Waals surface area contributed by atoms with Gasteiger partial charge in [0.05, 0.1) is 0 Å². The Morgan fingerprint density at radius 1 is 1.33 bits per heavy atom. The fourth-order valence-corrected chi connectivity index (χ4v) is 2.78. The summed E-state index contributed by atoms with van der Waals surface area (Å²) in [7, 11) is 1.61. The minimum atomic E-state index is -2.09. The Morgan fingerprint density at radius 3 is 2.24 bits per heavy atom. The molecule has 5 nitrogen and oxygen atoms in total. The first-order valence-electron chi connectivity index (χ1n) is 8.01. The highest BCUT2D eigenvalue weighted by Crippen LogP contribution is 2.36. The first-order chi connectivity index (χ1) is 10.0. The van der Waals surface area contributed by atoms with Crippen LogP contribution < -0.4 is 0 Å². The molecule has 0 radical (unpaired) electrons. The Bertz CT molecular complexity index is 481. The van der Waals surface area contributed by atoms with Gasteiger partial charge in [-0.2, -0.15) is 0 Å². The maximum atomic E-state index is 12.7. The second-order valence-corrected chi connectivity index (χ2v) is 7.70. The molecule has 0 aromatic rings. The van der Waals surface area contributed by atoms with Crippen LogP contribution in [0.25, 0.3) is 0 Å². The van der Waals surface area contributed by atoms with E-state index in [1.54, 1.807) is 27.8 Å². The van der Waals surface area contributed by atoms with E-state index >= 15 is 0 Å². The number of carbonyl (C=O) groups is 2. The molecule has 1 aliphatic heterocycles. The van der Waals surface area contributed by atoms with Crippen LogP contribution in [0.15, 0.2) is 0 Å². The Balaban J connectivity index is 3.26. The second-order valence-electron chi connectivity index (χ2n) is 7.43. The van der Waals surface area contributed by atoms with Gasteiger partial charge in [0.25, 0.3) is 0 Å². The summed E-state index contributed by atoms with van der Waals surface area (Å²) in [4.78, 5) is 28.0. The third-order valence-electron chi connectivity index (χ3n) is 3.25. The van der Waals surface area contributed by atoms with E-state index < -0.39 is 35.1 Å². The van der Waals surface area contributed by atoms with Crippen LogP contribution in [0.2, 0.25) is 0 Å². The van der Waals surface area contributed by atoms with E-state index in [4.69, 9.17) is 19.1 Å². The van der Waals surface area contributed by atoms with Gasteiger partial charge in [-0.15, -0.1) is 11.6 Å². The van der Waals surface area contributed by atoms with E-state index in [1.807, 2.05) is 20.8 Å². The van der Waals surface area contributed by atoms with Crippen molar-refractivity contribution in [2.75, 3.05) is 12.9 Å². The molecule has 0 aromatic carbocycles. The number of rotatable bonds is 2. The van der Waals surface area contributed by atoms with Crippen LogP contribution in [0.1, 0.15) is 50.7 Å². The normalized spacial score (nSPS) is 25.8. The molecule has 0 N–H and O–H groups in total. The molecule has 21 heavy (non-hydrogen) atoms. The molecular formula is C15H27ClN2O3. The maximum absolute atomic E-state index is 12.7. The highest BCUT2D eigenvalue weighted by Gasteiger charge is 2.52. The molecule has 122 valence electrons. The highest BCUT2D eigenvalue weighted by molar-refractivity contribution is 6.18. The first kappa shape index (κ1) is 14.9. The molecule has 2 atom stereocenters. The fourth-order valence-electron chi connectivity index (χ4n) is 2.63. The average Bonchev–Trinajstić information content (AvgIpc) is 2.48. The Labute approximate surface area is 135 Å². The molecule has 0 saturated carbocycles. The lowest BCUT2D eigenvalue weighted by Crippen LogP contribution is -2.52. The van der Waals surface area contributed by atoms with Crippen LogP contribution in [0.3, 0.4) is 0 Å². The van der Waals surface area contributed by atoms with Crippen molar-refractivity contribution in [3.05, 3.63) is 0 Å². The largest absolute Gasteiger partial charge is 0.444 e. The van der Waals surface area contributed by atoms with Crippen LogP contribution in [-0.4, -0.2) is 52.5 Å². The van der Waals surface area contributed by atoms with Gasteiger partial charge < -0.3 is 9.64 Å². The molecule has 0 aromatic heterocycles. The number of alkyl halides is 1. The molecule has 1 saturated heterocycles. The fraction of sp³-hybridized carbons (Fsp3) is 0.867. The number of hydrogen-bond donors (Lipinski definition) is 0. The van der Waals surface area contributed by atoms with Gasteiger partial charge in [-0.3, -0.25) is 9.69 Å². The lowest BCUT2D eigenvalue weighted by atomic mass is 9.91. The maximum Gasteiger partial charge on any atom is 0.412 e. The van der Waals surface area contributed by atoms with Crippen molar-refractivity contribution < 1.29 is 17.1 Å². The Kier molecular flexibility index (Phi) is 4.29. The summed E-state index contributed by atoms with van der Waals surface area (Å²) in [5, 5.41) is 0. The molecule has 0 aliphatic carbocycles. The number of carbonyl (C=O) groups excluding carboxylic acids is 2. The smallest absolute Gasteiger partial charge is 0.412 e. The lowest BCUT2D eigenvalue weighted by molar-refractivity contribution is -0.129. The minimum Gasteiger partial charge on any atom is -0.444 e. The van der Waals surface area contributed by atoms with Crippen LogP contribution in [-0.2, 0) is 9.53 Å². The predicted molar refractivity (Wildman–Crippen MR) is 83.2 cm³/mol. The van der Waals surface area contributed by atoms with Gasteiger partial charge in [0, 0.05) is 21.0 Å². The van der Waals surface area contributed by atoms with Crippen molar-refractivity contribution in [2.24, 2.45) is 5.41 Å². The van der Waals surface area contributed by atoms with E-state index in [1.165, 1.54) is 9.80 Å². The Hall–Kier alpha value is -0.970. The monoisotopic (exact) mass is 320 g/mol. The SMILES string of the molecule is [2H]C([2H])(Cl)C[C@H]1C(=O)N(C)[C@H](C(C)(C)C)N1C(=O)OC(C)(C)C. The standard InChI is InChI=1S/C15H27ClN2O3/c1-14(2,3)12-17(7)11(19)10(8-9-16)18(12)13(20)21-15(4,5)6/h10,12H,8-9H2,1-7H3/t10-,12-/m0/s1/i9D2. The second kappa shape index (κ2) is 6.03.